The molecule has 2 aromatic carbocycles. The Morgan fingerprint density at radius 2 is 1.67 bits per heavy atom. The predicted molar refractivity (Wildman–Crippen MR) is 115 cm³/mol. The van der Waals surface area contributed by atoms with Gasteiger partial charge < -0.3 is 14.7 Å². The van der Waals surface area contributed by atoms with Crippen molar-refractivity contribution in [1.29, 1.82) is 0 Å². The molecule has 3 rings (SSSR count). The van der Waals surface area contributed by atoms with Crippen LogP contribution in [-0.2, 0) is 0 Å². The summed E-state index contributed by atoms with van der Waals surface area (Å²) >= 11 is 0. The number of hydrogen-bond acceptors (Lipinski definition) is 4. The Morgan fingerprint density at radius 3 is 2.27 bits per heavy atom. The van der Waals surface area contributed by atoms with Gasteiger partial charge >= 0.3 is 6.61 Å². The fraction of sp³-hybridized carbons (Fsp3) is 0.500. The van der Waals surface area contributed by atoms with Gasteiger partial charge in [0.15, 0.2) is 0 Å². The van der Waals surface area contributed by atoms with Crippen LogP contribution in [0.3, 0.4) is 0 Å². The van der Waals surface area contributed by atoms with Crippen LogP contribution in [0.15, 0.2) is 54.6 Å². The molecule has 1 N–H and O–H groups in total. The summed E-state index contributed by atoms with van der Waals surface area (Å²) < 4.78 is 29.0. The predicted octanol–water partition coefficient (Wildman–Crippen LogP) is 4.73. The number of halogens is 2. The van der Waals surface area contributed by atoms with Crippen LogP contribution in [0.2, 0.25) is 0 Å². The van der Waals surface area contributed by atoms with Gasteiger partial charge in [-0.3, -0.25) is 4.90 Å². The highest BCUT2D eigenvalue weighted by atomic mass is 19.3. The maximum atomic E-state index is 12.3. The van der Waals surface area contributed by atoms with Gasteiger partial charge in [0.05, 0.1) is 6.10 Å². The van der Waals surface area contributed by atoms with Crippen molar-refractivity contribution in [2.45, 2.75) is 38.5 Å². The van der Waals surface area contributed by atoms with Crippen LogP contribution in [0.4, 0.5) is 8.78 Å². The first-order valence-corrected chi connectivity index (χ1v) is 10.6. The fourth-order valence-electron chi connectivity index (χ4n) is 4.12. The van der Waals surface area contributed by atoms with Gasteiger partial charge in [-0.1, -0.05) is 42.5 Å². The van der Waals surface area contributed by atoms with E-state index in [1.807, 2.05) is 42.5 Å². The Hall–Kier alpha value is -2.02. The molecule has 0 spiro atoms. The molecule has 1 fully saturated rings. The molecule has 30 heavy (non-hydrogen) atoms. The quantitative estimate of drug-likeness (QED) is 0.639. The van der Waals surface area contributed by atoms with E-state index in [2.05, 4.69) is 28.5 Å². The Labute approximate surface area is 178 Å². The number of aliphatic hydroxyl groups excluding tert-OH is 1. The van der Waals surface area contributed by atoms with Crippen LogP contribution < -0.4 is 4.74 Å². The number of ether oxygens (including phenoxy) is 1. The second-order valence-corrected chi connectivity index (χ2v) is 8.23. The molecule has 2 aromatic rings. The minimum absolute atomic E-state index is 0.189. The van der Waals surface area contributed by atoms with Crippen LogP contribution in [0.5, 0.6) is 5.75 Å². The summed E-state index contributed by atoms with van der Waals surface area (Å²) in [6.45, 7) is 3.00. The lowest BCUT2D eigenvalue weighted by atomic mass is 9.94. The first-order valence-electron chi connectivity index (χ1n) is 10.6. The SMILES string of the molecule is CC(c1ccc(OC(F)F)cc1)N(C)CC1CCN(CC(O)c2ccccc2)CC1. The molecular formula is C24H32F2N2O2. The lowest BCUT2D eigenvalue weighted by molar-refractivity contribution is -0.0498. The summed E-state index contributed by atoms with van der Waals surface area (Å²) in [5, 5.41) is 10.5. The minimum atomic E-state index is -2.80. The van der Waals surface area contributed by atoms with Crippen LogP contribution in [0, 0.1) is 5.92 Å². The molecule has 1 saturated heterocycles. The van der Waals surface area contributed by atoms with Crippen LogP contribution >= 0.6 is 0 Å². The Balaban J connectivity index is 1.43. The summed E-state index contributed by atoms with van der Waals surface area (Å²) in [6, 6.07) is 16.9. The first-order chi connectivity index (χ1) is 14.4. The zero-order chi connectivity index (χ0) is 21.5. The molecule has 0 amide bonds. The van der Waals surface area contributed by atoms with E-state index in [0.717, 1.165) is 43.6 Å². The maximum Gasteiger partial charge on any atom is 0.387 e. The van der Waals surface area contributed by atoms with E-state index in [9.17, 15) is 13.9 Å². The molecule has 1 aliphatic heterocycles. The summed E-state index contributed by atoms with van der Waals surface area (Å²) in [4.78, 5) is 4.67. The molecule has 2 atom stereocenters. The molecular weight excluding hydrogens is 386 g/mol. The molecule has 2 unspecified atom stereocenters. The molecule has 164 valence electrons. The molecule has 6 heteroatoms. The lowest BCUT2D eigenvalue weighted by Gasteiger charge is -2.36. The standard InChI is InChI=1S/C24H32F2N2O2/c1-18(20-8-10-22(11-9-20)30-24(25)26)27(2)16-19-12-14-28(15-13-19)17-23(29)21-6-4-3-5-7-21/h3-11,18-19,23-24,29H,12-17H2,1-2H3. The van der Waals surface area contributed by atoms with Gasteiger partial charge in [0.25, 0.3) is 0 Å². The van der Waals surface area contributed by atoms with Gasteiger partial charge in [-0.2, -0.15) is 8.78 Å². The summed E-state index contributed by atoms with van der Waals surface area (Å²) in [6.07, 6.45) is 1.78. The minimum Gasteiger partial charge on any atom is -0.435 e. The number of benzene rings is 2. The average molecular weight is 419 g/mol. The molecule has 0 bridgehead atoms. The topological polar surface area (TPSA) is 35.9 Å². The number of aliphatic hydroxyl groups is 1. The maximum absolute atomic E-state index is 12.3. The van der Waals surface area contributed by atoms with Crippen molar-refractivity contribution in [3.8, 4) is 5.75 Å². The van der Waals surface area contributed by atoms with Crippen molar-refractivity contribution in [3.05, 3.63) is 65.7 Å². The third kappa shape index (κ3) is 6.49. The Kier molecular flexibility index (Phi) is 8.19. The van der Waals surface area contributed by atoms with Gasteiger partial charge in [-0.05, 0) is 69.1 Å². The number of piperidine rings is 1. The average Bonchev–Trinajstić information content (AvgIpc) is 2.75. The van der Waals surface area contributed by atoms with Gasteiger partial charge in [-0.25, -0.2) is 0 Å². The Bertz CT molecular complexity index is 750. The summed E-state index contributed by atoms with van der Waals surface area (Å²) in [5.74, 6) is 0.803. The number of likely N-dealkylation sites (tertiary alicyclic amines) is 1. The monoisotopic (exact) mass is 418 g/mol. The van der Waals surface area contributed by atoms with Crippen molar-refractivity contribution in [2.75, 3.05) is 33.2 Å². The van der Waals surface area contributed by atoms with E-state index in [0.29, 0.717) is 12.5 Å². The highest BCUT2D eigenvalue weighted by Crippen LogP contribution is 2.26. The van der Waals surface area contributed by atoms with Crippen molar-refractivity contribution in [3.63, 3.8) is 0 Å². The number of alkyl halides is 2. The highest BCUT2D eigenvalue weighted by molar-refractivity contribution is 5.29. The van der Waals surface area contributed by atoms with Crippen LogP contribution in [0.1, 0.15) is 43.0 Å². The van der Waals surface area contributed by atoms with E-state index in [4.69, 9.17) is 0 Å². The van der Waals surface area contributed by atoms with E-state index >= 15 is 0 Å². The van der Waals surface area contributed by atoms with Crippen LogP contribution in [-0.4, -0.2) is 54.7 Å². The van der Waals surface area contributed by atoms with E-state index in [-0.39, 0.29) is 11.8 Å². The summed E-state index contributed by atoms with van der Waals surface area (Å²) in [7, 11) is 2.11. The van der Waals surface area contributed by atoms with E-state index in [1.54, 1.807) is 12.1 Å². The molecule has 0 aromatic heterocycles. The molecule has 0 aliphatic carbocycles. The lowest BCUT2D eigenvalue weighted by Crippen LogP contribution is -2.40. The second-order valence-electron chi connectivity index (χ2n) is 8.23. The number of hydrogen-bond donors (Lipinski definition) is 1. The fourth-order valence-corrected chi connectivity index (χ4v) is 4.12. The molecule has 0 radical (unpaired) electrons. The van der Waals surface area contributed by atoms with Crippen molar-refractivity contribution in [2.24, 2.45) is 5.92 Å². The number of nitrogens with zero attached hydrogens (tertiary/aromatic N) is 2. The highest BCUT2D eigenvalue weighted by Gasteiger charge is 2.24. The van der Waals surface area contributed by atoms with Gasteiger partial charge in [-0.15, -0.1) is 0 Å². The number of rotatable bonds is 9. The van der Waals surface area contributed by atoms with Gasteiger partial charge in [0.1, 0.15) is 5.75 Å². The Morgan fingerprint density at radius 1 is 1.03 bits per heavy atom. The third-order valence-corrected chi connectivity index (χ3v) is 6.12. The number of β-amino-alcohol motifs (C(OH)–C–C–N with tert-alkyl or cyclic N) is 1. The molecule has 1 aliphatic rings. The molecule has 4 nitrogen and oxygen atoms in total. The molecule has 1 heterocycles. The second kappa shape index (κ2) is 10.8. The van der Waals surface area contributed by atoms with Crippen molar-refractivity contribution < 1.29 is 18.6 Å². The summed E-state index contributed by atoms with van der Waals surface area (Å²) in [5.41, 5.74) is 2.06. The third-order valence-electron chi connectivity index (χ3n) is 6.12. The molecule has 0 saturated carbocycles. The van der Waals surface area contributed by atoms with Gasteiger partial charge in [0.2, 0.25) is 0 Å². The largest absolute Gasteiger partial charge is 0.435 e. The smallest absolute Gasteiger partial charge is 0.387 e. The normalized spacial score (nSPS) is 18.0. The van der Waals surface area contributed by atoms with E-state index in [1.165, 1.54) is 0 Å². The van der Waals surface area contributed by atoms with Crippen LogP contribution in [0.25, 0.3) is 0 Å². The van der Waals surface area contributed by atoms with Crippen molar-refractivity contribution >= 4 is 0 Å². The zero-order valence-electron chi connectivity index (χ0n) is 17.8. The van der Waals surface area contributed by atoms with Gasteiger partial charge in [0, 0.05) is 19.1 Å². The van der Waals surface area contributed by atoms with Crippen molar-refractivity contribution in [1.82, 2.24) is 9.80 Å². The first kappa shape index (κ1) is 22.7. The zero-order valence-corrected chi connectivity index (χ0v) is 17.8. The van der Waals surface area contributed by atoms with E-state index < -0.39 is 12.7 Å².